The summed E-state index contributed by atoms with van der Waals surface area (Å²) in [4.78, 5) is 29.2. The van der Waals surface area contributed by atoms with E-state index in [1.807, 2.05) is 4.90 Å². The summed E-state index contributed by atoms with van der Waals surface area (Å²) < 4.78 is 0. The molecule has 0 aromatic rings. The maximum absolute atomic E-state index is 12.5. The van der Waals surface area contributed by atoms with Crippen LogP contribution in [0.2, 0.25) is 0 Å². The molecule has 2 aliphatic heterocycles. The first-order valence-electron chi connectivity index (χ1n) is 7.71. The van der Waals surface area contributed by atoms with E-state index in [4.69, 9.17) is 10.2 Å². The second-order valence-electron chi connectivity index (χ2n) is 5.79. The van der Waals surface area contributed by atoms with Crippen molar-refractivity contribution in [3.8, 4) is 0 Å². The summed E-state index contributed by atoms with van der Waals surface area (Å²) in [6, 6.07) is 0.0321. The highest BCUT2D eigenvalue weighted by Crippen LogP contribution is 2.19. The van der Waals surface area contributed by atoms with Gasteiger partial charge < -0.3 is 20.0 Å². The minimum absolute atomic E-state index is 0.0321. The summed E-state index contributed by atoms with van der Waals surface area (Å²) in [5.74, 6) is -1.06. The monoisotopic (exact) mass is 299 g/mol. The number of aliphatic hydroxyl groups excluding tert-OH is 1. The molecule has 2 heterocycles. The Morgan fingerprint density at radius 3 is 2.24 bits per heavy atom. The Kier molecular flexibility index (Phi) is 5.81. The number of carbonyl (C=O) groups excluding carboxylic acids is 1. The maximum Gasteiger partial charge on any atom is 0.320 e. The van der Waals surface area contributed by atoms with Gasteiger partial charge in [0.05, 0.1) is 12.5 Å². The standard InChI is InChI=1S/C14H25N3O4/c18-11-10-15-4-1-5-16(9-8-15)14(21)17-6-2-12(3-7-17)13(19)20/h12,18H,1-11H2,(H,19,20). The number of carboxylic acids is 1. The van der Waals surface area contributed by atoms with Gasteiger partial charge in [-0.05, 0) is 25.8 Å². The fraction of sp³-hybridized carbons (Fsp3) is 0.857. The quantitative estimate of drug-likeness (QED) is 0.760. The van der Waals surface area contributed by atoms with E-state index in [0.29, 0.717) is 39.0 Å². The zero-order chi connectivity index (χ0) is 15.2. The summed E-state index contributed by atoms with van der Waals surface area (Å²) in [5.41, 5.74) is 0. The highest BCUT2D eigenvalue weighted by molar-refractivity contribution is 5.75. The van der Waals surface area contributed by atoms with Crippen molar-refractivity contribution in [2.75, 3.05) is 52.4 Å². The molecule has 2 N–H and O–H groups in total. The van der Waals surface area contributed by atoms with Crippen LogP contribution >= 0.6 is 0 Å². The Labute approximate surface area is 125 Å². The second-order valence-corrected chi connectivity index (χ2v) is 5.79. The first-order valence-corrected chi connectivity index (χ1v) is 7.71. The molecule has 2 fully saturated rings. The number of amides is 2. The average Bonchev–Trinajstić information content (AvgIpc) is 2.73. The van der Waals surface area contributed by atoms with Crippen LogP contribution in [-0.4, -0.2) is 89.3 Å². The van der Waals surface area contributed by atoms with Crippen LogP contribution < -0.4 is 0 Å². The number of nitrogens with zero attached hydrogens (tertiary/aromatic N) is 3. The lowest BCUT2D eigenvalue weighted by molar-refractivity contribution is -0.143. The van der Waals surface area contributed by atoms with Crippen molar-refractivity contribution >= 4 is 12.0 Å². The number of hydrogen-bond donors (Lipinski definition) is 2. The lowest BCUT2D eigenvalue weighted by atomic mass is 9.97. The lowest BCUT2D eigenvalue weighted by Crippen LogP contribution is -2.48. The van der Waals surface area contributed by atoms with Crippen LogP contribution in [0, 0.1) is 5.92 Å². The van der Waals surface area contributed by atoms with E-state index in [2.05, 4.69) is 4.90 Å². The van der Waals surface area contributed by atoms with Crippen LogP contribution in [0.5, 0.6) is 0 Å². The van der Waals surface area contributed by atoms with Gasteiger partial charge in [-0.1, -0.05) is 0 Å². The number of aliphatic carboxylic acids is 1. The van der Waals surface area contributed by atoms with Crippen molar-refractivity contribution in [1.29, 1.82) is 0 Å². The molecule has 0 saturated carbocycles. The zero-order valence-corrected chi connectivity index (χ0v) is 12.4. The Morgan fingerprint density at radius 1 is 0.952 bits per heavy atom. The molecule has 21 heavy (non-hydrogen) atoms. The van der Waals surface area contributed by atoms with Gasteiger partial charge in [0, 0.05) is 39.3 Å². The first kappa shape index (κ1) is 16.0. The van der Waals surface area contributed by atoms with E-state index in [0.717, 1.165) is 26.1 Å². The molecule has 0 unspecified atom stereocenters. The van der Waals surface area contributed by atoms with E-state index in [1.54, 1.807) is 4.90 Å². The lowest BCUT2D eigenvalue weighted by Gasteiger charge is -2.34. The Morgan fingerprint density at radius 2 is 1.62 bits per heavy atom. The number of rotatable bonds is 3. The maximum atomic E-state index is 12.5. The number of piperidine rings is 1. The van der Waals surface area contributed by atoms with Gasteiger partial charge in [-0.3, -0.25) is 9.69 Å². The molecule has 120 valence electrons. The fourth-order valence-corrected chi connectivity index (χ4v) is 3.04. The van der Waals surface area contributed by atoms with Gasteiger partial charge in [0.15, 0.2) is 0 Å². The largest absolute Gasteiger partial charge is 0.481 e. The van der Waals surface area contributed by atoms with Crippen molar-refractivity contribution < 1.29 is 19.8 Å². The minimum Gasteiger partial charge on any atom is -0.481 e. The molecule has 0 bridgehead atoms. The number of likely N-dealkylation sites (tertiary alicyclic amines) is 1. The smallest absolute Gasteiger partial charge is 0.320 e. The van der Waals surface area contributed by atoms with Gasteiger partial charge >= 0.3 is 12.0 Å². The molecule has 2 amide bonds. The number of β-amino-alcohol motifs (C(OH)–C–C–N with tert-alkyl or cyclic N) is 1. The molecule has 7 heteroatoms. The van der Waals surface area contributed by atoms with Crippen LogP contribution in [0.25, 0.3) is 0 Å². The van der Waals surface area contributed by atoms with Crippen molar-refractivity contribution in [2.24, 2.45) is 5.92 Å². The van der Waals surface area contributed by atoms with Crippen LogP contribution in [-0.2, 0) is 4.79 Å². The molecule has 2 saturated heterocycles. The Balaban J connectivity index is 1.82. The van der Waals surface area contributed by atoms with E-state index in [1.165, 1.54) is 0 Å². The molecule has 0 atom stereocenters. The number of urea groups is 1. The number of carbonyl (C=O) groups is 2. The van der Waals surface area contributed by atoms with E-state index < -0.39 is 5.97 Å². The predicted octanol–water partition coefficient (Wildman–Crippen LogP) is -0.0970. The molecule has 0 aromatic heterocycles. The number of aliphatic hydroxyl groups is 1. The van der Waals surface area contributed by atoms with Crippen LogP contribution in [0.15, 0.2) is 0 Å². The van der Waals surface area contributed by atoms with Crippen molar-refractivity contribution in [2.45, 2.75) is 19.3 Å². The fourth-order valence-electron chi connectivity index (χ4n) is 3.04. The summed E-state index contributed by atoms with van der Waals surface area (Å²) in [6.07, 6.45) is 2.01. The van der Waals surface area contributed by atoms with Gasteiger partial charge in [-0.15, -0.1) is 0 Å². The van der Waals surface area contributed by atoms with Crippen molar-refractivity contribution in [3.05, 3.63) is 0 Å². The Hall–Kier alpha value is -1.34. The average molecular weight is 299 g/mol. The molecular weight excluding hydrogens is 274 g/mol. The van der Waals surface area contributed by atoms with Crippen molar-refractivity contribution in [3.63, 3.8) is 0 Å². The normalized spacial score (nSPS) is 22.1. The number of carboxylic acid groups (broad SMARTS) is 1. The van der Waals surface area contributed by atoms with Gasteiger partial charge in [0.2, 0.25) is 0 Å². The summed E-state index contributed by atoms with van der Waals surface area (Å²) in [7, 11) is 0. The van der Waals surface area contributed by atoms with Crippen LogP contribution in [0.4, 0.5) is 4.79 Å². The molecular formula is C14H25N3O4. The summed E-state index contributed by atoms with van der Waals surface area (Å²) >= 11 is 0. The van der Waals surface area contributed by atoms with Gasteiger partial charge in [-0.25, -0.2) is 4.79 Å². The molecule has 0 spiro atoms. The predicted molar refractivity (Wildman–Crippen MR) is 77.0 cm³/mol. The third-order valence-corrected chi connectivity index (χ3v) is 4.39. The third kappa shape index (κ3) is 4.31. The molecule has 2 aliphatic rings. The molecule has 2 rings (SSSR count). The minimum atomic E-state index is -0.753. The number of hydrogen-bond acceptors (Lipinski definition) is 4. The van der Waals surface area contributed by atoms with E-state index >= 15 is 0 Å². The van der Waals surface area contributed by atoms with Gasteiger partial charge in [0.25, 0.3) is 0 Å². The molecule has 0 aliphatic carbocycles. The highest BCUT2D eigenvalue weighted by atomic mass is 16.4. The summed E-state index contributed by atoms with van der Waals surface area (Å²) in [6.45, 7) is 4.99. The molecule has 0 aromatic carbocycles. The second kappa shape index (κ2) is 7.61. The summed E-state index contributed by atoms with van der Waals surface area (Å²) in [5, 5.41) is 18.0. The Bertz CT molecular complexity index is 369. The van der Waals surface area contributed by atoms with E-state index in [-0.39, 0.29) is 18.6 Å². The van der Waals surface area contributed by atoms with Crippen molar-refractivity contribution in [1.82, 2.24) is 14.7 Å². The van der Waals surface area contributed by atoms with Gasteiger partial charge in [0.1, 0.15) is 0 Å². The SMILES string of the molecule is O=C(O)C1CCN(C(=O)N2CCCN(CCO)CC2)CC1. The first-order chi connectivity index (χ1) is 10.1. The molecule has 0 radical (unpaired) electrons. The molecule has 7 nitrogen and oxygen atoms in total. The zero-order valence-electron chi connectivity index (χ0n) is 12.4. The third-order valence-electron chi connectivity index (χ3n) is 4.39. The highest BCUT2D eigenvalue weighted by Gasteiger charge is 2.29. The topological polar surface area (TPSA) is 84.3 Å². The van der Waals surface area contributed by atoms with E-state index in [9.17, 15) is 9.59 Å². The van der Waals surface area contributed by atoms with Crippen LogP contribution in [0.3, 0.4) is 0 Å². The van der Waals surface area contributed by atoms with Gasteiger partial charge in [-0.2, -0.15) is 0 Å². The van der Waals surface area contributed by atoms with Crippen LogP contribution in [0.1, 0.15) is 19.3 Å².